The largest absolute Gasteiger partial charge is 0.365 e. The van der Waals surface area contributed by atoms with Gasteiger partial charge in [0.05, 0.1) is 11.4 Å². The van der Waals surface area contributed by atoms with E-state index in [0.29, 0.717) is 12.1 Å². The number of carbonyl (C=O) groups is 1. The third-order valence-corrected chi connectivity index (χ3v) is 5.43. The van der Waals surface area contributed by atoms with E-state index in [0.717, 1.165) is 31.6 Å². The topological polar surface area (TPSA) is 35.6 Å². The van der Waals surface area contributed by atoms with Gasteiger partial charge in [-0.25, -0.2) is 4.79 Å². The van der Waals surface area contributed by atoms with Gasteiger partial charge >= 0.3 is 6.03 Å². The Morgan fingerprint density at radius 2 is 1.77 bits per heavy atom. The van der Waals surface area contributed by atoms with Gasteiger partial charge in [-0.2, -0.15) is 0 Å². The Morgan fingerprint density at radius 1 is 1.00 bits per heavy atom. The molecule has 2 amide bonds. The molecule has 1 atom stereocenters. The van der Waals surface area contributed by atoms with Gasteiger partial charge in [-0.1, -0.05) is 31.4 Å². The molecule has 2 aliphatic heterocycles. The summed E-state index contributed by atoms with van der Waals surface area (Å²) in [5.74, 6) is 0. The first-order valence-corrected chi connectivity index (χ1v) is 8.76. The summed E-state index contributed by atoms with van der Waals surface area (Å²) in [5.41, 5.74) is 2.31. The minimum absolute atomic E-state index is 0.103. The van der Waals surface area contributed by atoms with Gasteiger partial charge in [0, 0.05) is 25.2 Å². The van der Waals surface area contributed by atoms with E-state index in [1.54, 1.807) is 0 Å². The van der Waals surface area contributed by atoms with E-state index >= 15 is 0 Å². The molecule has 1 aromatic rings. The first-order chi connectivity index (χ1) is 10.8. The third kappa shape index (κ3) is 2.44. The van der Waals surface area contributed by atoms with Crippen LogP contribution in [0.25, 0.3) is 0 Å². The second kappa shape index (κ2) is 5.82. The van der Waals surface area contributed by atoms with Gasteiger partial charge in [0.25, 0.3) is 0 Å². The summed E-state index contributed by atoms with van der Waals surface area (Å²) in [5, 5.41) is 3.28. The van der Waals surface area contributed by atoms with Gasteiger partial charge < -0.3 is 10.2 Å². The lowest BCUT2D eigenvalue weighted by Gasteiger charge is -2.40. The van der Waals surface area contributed by atoms with Gasteiger partial charge in [0.1, 0.15) is 0 Å². The number of fused-ring (bicyclic) bond motifs is 3. The van der Waals surface area contributed by atoms with Crippen molar-refractivity contribution in [1.82, 2.24) is 5.32 Å². The van der Waals surface area contributed by atoms with Gasteiger partial charge in [0.15, 0.2) is 0 Å². The van der Waals surface area contributed by atoms with Crippen molar-refractivity contribution in [2.45, 2.75) is 57.0 Å². The van der Waals surface area contributed by atoms with Crippen LogP contribution < -0.4 is 15.1 Å². The smallest absolute Gasteiger partial charge is 0.322 e. The van der Waals surface area contributed by atoms with Crippen molar-refractivity contribution in [2.75, 3.05) is 22.9 Å². The molecule has 0 radical (unpaired) electrons. The zero-order chi connectivity index (χ0) is 14.9. The molecule has 2 fully saturated rings. The van der Waals surface area contributed by atoms with Crippen LogP contribution in [0.5, 0.6) is 0 Å². The number of hydrogen-bond donors (Lipinski definition) is 1. The van der Waals surface area contributed by atoms with Crippen molar-refractivity contribution >= 4 is 17.4 Å². The van der Waals surface area contributed by atoms with Crippen molar-refractivity contribution in [1.29, 1.82) is 0 Å². The van der Waals surface area contributed by atoms with Crippen LogP contribution >= 0.6 is 0 Å². The van der Waals surface area contributed by atoms with Gasteiger partial charge in [-0.05, 0) is 37.8 Å². The van der Waals surface area contributed by atoms with E-state index in [9.17, 15) is 4.79 Å². The Balaban J connectivity index is 1.56. The van der Waals surface area contributed by atoms with Crippen LogP contribution in [0.2, 0.25) is 0 Å². The second-order valence-electron chi connectivity index (χ2n) is 6.87. The molecule has 0 aromatic heterocycles. The lowest BCUT2D eigenvalue weighted by Crippen LogP contribution is -2.53. The summed E-state index contributed by atoms with van der Waals surface area (Å²) in [7, 11) is 0. The Kier molecular flexibility index (Phi) is 3.68. The van der Waals surface area contributed by atoms with Gasteiger partial charge in [0.2, 0.25) is 0 Å². The molecule has 22 heavy (non-hydrogen) atoms. The Bertz CT molecular complexity index is 553. The molecule has 1 saturated carbocycles. The molecule has 4 heteroatoms. The van der Waals surface area contributed by atoms with Crippen LogP contribution in [0.4, 0.5) is 16.2 Å². The van der Waals surface area contributed by atoms with Crippen LogP contribution in [0.15, 0.2) is 24.3 Å². The quantitative estimate of drug-likeness (QED) is 0.861. The lowest BCUT2D eigenvalue weighted by atomic mass is 9.95. The van der Waals surface area contributed by atoms with E-state index in [1.165, 1.54) is 37.8 Å². The number of anilines is 2. The normalized spacial score (nSPS) is 24.8. The molecule has 3 aliphatic rings. The standard InChI is InChI=1S/C18H25N3O/c22-18(19-14-7-2-1-3-8-14)21-13-15-9-6-12-20(15)16-10-4-5-11-17(16)21/h4-5,10-11,14-15H,1-3,6-9,12-13H2,(H,19,22). The number of nitrogens with zero attached hydrogens (tertiary/aromatic N) is 2. The molecule has 1 aromatic carbocycles. The van der Waals surface area contributed by atoms with Gasteiger partial charge in [-0.15, -0.1) is 0 Å². The maximum Gasteiger partial charge on any atom is 0.322 e. The molecular formula is C18H25N3O. The summed E-state index contributed by atoms with van der Waals surface area (Å²) in [6.45, 7) is 1.95. The number of urea groups is 1. The minimum atomic E-state index is 0.103. The predicted octanol–water partition coefficient (Wildman–Crippen LogP) is 3.52. The zero-order valence-electron chi connectivity index (χ0n) is 13.1. The van der Waals surface area contributed by atoms with Crippen molar-refractivity contribution < 1.29 is 4.79 Å². The number of amides is 2. The molecule has 1 unspecified atom stereocenters. The average Bonchev–Trinajstić information content (AvgIpc) is 3.04. The van der Waals surface area contributed by atoms with E-state index in [2.05, 4.69) is 28.4 Å². The van der Waals surface area contributed by atoms with E-state index in [1.807, 2.05) is 11.0 Å². The first-order valence-electron chi connectivity index (χ1n) is 8.76. The van der Waals surface area contributed by atoms with Crippen molar-refractivity contribution in [3.8, 4) is 0 Å². The summed E-state index contributed by atoms with van der Waals surface area (Å²) >= 11 is 0. The molecule has 118 valence electrons. The highest BCUT2D eigenvalue weighted by Gasteiger charge is 2.36. The Morgan fingerprint density at radius 3 is 2.59 bits per heavy atom. The van der Waals surface area contributed by atoms with Crippen LogP contribution in [0, 0.1) is 0 Å². The fourth-order valence-corrected chi connectivity index (χ4v) is 4.28. The maximum absolute atomic E-state index is 12.8. The summed E-state index contributed by atoms with van der Waals surface area (Å²) in [6, 6.07) is 9.33. The maximum atomic E-state index is 12.8. The van der Waals surface area contributed by atoms with Crippen LogP contribution in [0.1, 0.15) is 44.9 Å². The summed E-state index contributed by atoms with van der Waals surface area (Å²) < 4.78 is 0. The SMILES string of the molecule is O=C(NC1CCCCC1)N1CC2CCCN2c2ccccc21. The molecule has 2 heterocycles. The number of nitrogens with one attached hydrogen (secondary N) is 1. The monoisotopic (exact) mass is 299 g/mol. The van der Waals surface area contributed by atoms with Crippen molar-refractivity contribution in [3.05, 3.63) is 24.3 Å². The number of benzene rings is 1. The molecule has 4 nitrogen and oxygen atoms in total. The first kappa shape index (κ1) is 13.9. The highest BCUT2D eigenvalue weighted by molar-refractivity contribution is 5.97. The van der Waals surface area contributed by atoms with Gasteiger partial charge in [-0.3, -0.25) is 4.90 Å². The van der Waals surface area contributed by atoms with Crippen LogP contribution in [-0.4, -0.2) is 31.2 Å². The predicted molar refractivity (Wildman–Crippen MR) is 89.6 cm³/mol. The average molecular weight is 299 g/mol. The molecule has 0 spiro atoms. The van der Waals surface area contributed by atoms with E-state index in [-0.39, 0.29) is 6.03 Å². The summed E-state index contributed by atoms with van der Waals surface area (Å²) in [6.07, 6.45) is 8.51. The Labute approximate surface area is 132 Å². The Hall–Kier alpha value is -1.71. The van der Waals surface area contributed by atoms with Crippen molar-refractivity contribution in [3.63, 3.8) is 0 Å². The van der Waals surface area contributed by atoms with E-state index in [4.69, 9.17) is 0 Å². The number of rotatable bonds is 1. The molecule has 1 aliphatic carbocycles. The van der Waals surface area contributed by atoms with Crippen molar-refractivity contribution in [2.24, 2.45) is 0 Å². The van der Waals surface area contributed by atoms with E-state index < -0.39 is 0 Å². The fourth-order valence-electron chi connectivity index (χ4n) is 4.28. The lowest BCUT2D eigenvalue weighted by molar-refractivity contribution is 0.237. The molecule has 1 saturated heterocycles. The molecule has 0 bridgehead atoms. The second-order valence-corrected chi connectivity index (χ2v) is 6.87. The highest BCUT2D eigenvalue weighted by atomic mass is 16.2. The number of para-hydroxylation sites is 2. The number of hydrogen-bond acceptors (Lipinski definition) is 2. The molecule has 1 N–H and O–H groups in total. The van der Waals surface area contributed by atoms with Crippen LogP contribution in [-0.2, 0) is 0 Å². The number of carbonyl (C=O) groups excluding carboxylic acids is 1. The fraction of sp³-hybridized carbons (Fsp3) is 0.611. The zero-order valence-corrected chi connectivity index (χ0v) is 13.1. The third-order valence-electron chi connectivity index (χ3n) is 5.43. The minimum Gasteiger partial charge on any atom is -0.365 e. The van der Waals surface area contributed by atoms with Crippen LogP contribution in [0.3, 0.4) is 0 Å². The highest BCUT2D eigenvalue weighted by Crippen LogP contribution is 2.39. The molecule has 4 rings (SSSR count). The summed E-state index contributed by atoms with van der Waals surface area (Å²) in [4.78, 5) is 17.3. The molecular weight excluding hydrogens is 274 g/mol.